The molecule has 0 saturated heterocycles. The van der Waals surface area contributed by atoms with Crippen LogP contribution in [0.5, 0.6) is 5.75 Å². The molecule has 20 heavy (non-hydrogen) atoms. The quantitative estimate of drug-likeness (QED) is 0.422. The maximum absolute atomic E-state index is 5.67. The van der Waals surface area contributed by atoms with Crippen molar-refractivity contribution in [2.24, 2.45) is 0 Å². The Kier molecular flexibility index (Phi) is 11.0. The van der Waals surface area contributed by atoms with Gasteiger partial charge in [0.15, 0.2) is 12.4 Å². The summed E-state index contributed by atoms with van der Waals surface area (Å²) in [5.74, 6) is 1.33. The van der Waals surface area contributed by atoms with Crippen molar-refractivity contribution in [1.29, 1.82) is 0 Å². The van der Waals surface area contributed by atoms with E-state index in [9.17, 15) is 0 Å². The number of amidine groups is 1. The van der Waals surface area contributed by atoms with E-state index in [1.165, 1.54) is 0 Å². The molecular weight excluding hydrogens is 321 g/mol. The zero-order chi connectivity index (χ0) is 12.1. The number of hydrogen-bond acceptors (Lipinski definition) is 1. The molecule has 0 fully saturated rings. The van der Waals surface area contributed by atoms with Crippen LogP contribution in [0.2, 0.25) is 0 Å². The van der Waals surface area contributed by atoms with Crippen LogP contribution in [0, 0.1) is 0 Å². The molecule has 7 heteroatoms. The van der Waals surface area contributed by atoms with Crippen LogP contribution in [-0.4, -0.2) is 5.84 Å². The molecule has 110 valence electrons. The number of ether oxygens (including phenoxy) is 1. The third kappa shape index (κ3) is 6.21. The number of nitrogens with one attached hydrogen (secondary N) is 1. The van der Waals surface area contributed by atoms with Crippen molar-refractivity contribution in [1.82, 2.24) is 0 Å². The SMILES string of the molecule is [Cl-].[Cl-].[Cl-].[NH2+]=C([NH3+])c1cccc(OCc2ccc[nH+]c2)c1. The van der Waals surface area contributed by atoms with Crippen molar-refractivity contribution in [2.75, 3.05) is 0 Å². The minimum absolute atomic E-state index is 0. The summed E-state index contributed by atoms with van der Waals surface area (Å²) in [6, 6.07) is 11.5. The number of nitrogens with two attached hydrogens (primary N) is 1. The lowest BCUT2D eigenvalue weighted by molar-refractivity contribution is -0.378. The first-order chi connectivity index (χ1) is 8.25. The Balaban J connectivity index is 0. The van der Waals surface area contributed by atoms with Crippen LogP contribution in [0.1, 0.15) is 11.1 Å². The number of aromatic amines is 1. The largest absolute Gasteiger partial charge is 1.00 e. The fourth-order valence-corrected chi connectivity index (χ4v) is 1.47. The molecule has 1 aromatic heterocycles. The minimum Gasteiger partial charge on any atom is -1.00 e. The average Bonchev–Trinajstić information content (AvgIpc) is 2.38. The topological polar surface area (TPSA) is 76.6 Å². The fourth-order valence-electron chi connectivity index (χ4n) is 1.47. The van der Waals surface area contributed by atoms with Gasteiger partial charge in [-0.3, -0.25) is 5.73 Å². The van der Waals surface area contributed by atoms with E-state index in [1.807, 2.05) is 48.8 Å². The van der Waals surface area contributed by atoms with Crippen molar-refractivity contribution in [3.8, 4) is 5.75 Å². The molecule has 0 atom stereocenters. The summed E-state index contributed by atoms with van der Waals surface area (Å²) in [5.41, 5.74) is 5.68. The molecule has 4 nitrogen and oxygen atoms in total. The van der Waals surface area contributed by atoms with Crippen LogP contribution >= 0.6 is 0 Å². The highest BCUT2D eigenvalue weighted by Gasteiger charge is 2.06. The number of hydrogen-bond donors (Lipinski definition) is 2. The second-order valence-corrected chi connectivity index (χ2v) is 3.75. The molecule has 1 aromatic carbocycles. The predicted octanol–water partition coefficient (Wildman–Crippen LogP) is -10.2. The first-order valence-corrected chi connectivity index (χ1v) is 5.38. The van der Waals surface area contributed by atoms with E-state index in [4.69, 9.17) is 10.1 Å². The number of quaternary nitrogens is 1. The summed E-state index contributed by atoms with van der Waals surface area (Å²) in [6.45, 7) is 0.526. The van der Waals surface area contributed by atoms with Crippen molar-refractivity contribution in [3.05, 3.63) is 59.9 Å². The highest BCUT2D eigenvalue weighted by Crippen LogP contribution is 2.13. The number of pyridine rings is 1. The average molecular weight is 337 g/mol. The Hall–Kier alpha value is -1.33. The highest BCUT2D eigenvalue weighted by atomic mass is 35.5. The van der Waals surface area contributed by atoms with E-state index in [2.05, 4.69) is 10.7 Å². The fraction of sp³-hybridized carbons (Fsp3) is 0.0769. The molecule has 1 heterocycles. The maximum Gasteiger partial charge on any atom is 0.362 e. The van der Waals surface area contributed by atoms with Gasteiger partial charge in [0.25, 0.3) is 0 Å². The molecule has 0 radical (unpaired) electrons. The van der Waals surface area contributed by atoms with E-state index in [1.54, 1.807) is 0 Å². The van der Waals surface area contributed by atoms with Gasteiger partial charge in [-0.2, -0.15) is 0 Å². The van der Waals surface area contributed by atoms with Crippen molar-refractivity contribution in [3.63, 3.8) is 0 Å². The lowest BCUT2D eigenvalue weighted by Crippen LogP contribution is -3.00. The van der Waals surface area contributed by atoms with Crippen LogP contribution < -0.4 is 58.1 Å². The first-order valence-electron chi connectivity index (χ1n) is 5.38. The third-order valence-corrected chi connectivity index (χ3v) is 2.38. The van der Waals surface area contributed by atoms with E-state index >= 15 is 0 Å². The molecule has 0 aliphatic carbocycles. The number of rotatable bonds is 4. The Morgan fingerprint density at radius 3 is 2.50 bits per heavy atom. The molecule has 0 aliphatic heterocycles. The number of benzene rings is 1. The maximum atomic E-state index is 5.67. The zero-order valence-electron chi connectivity index (χ0n) is 10.7. The monoisotopic (exact) mass is 335 g/mol. The van der Waals surface area contributed by atoms with Gasteiger partial charge in [-0.25, -0.2) is 10.4 Å². The molecule has 0 aliphatic rings. The third-order valence-electron chi connectivity index (χ3n) is 2.38. The summed E-state index contributed by atoms with van der Waals surface area (Å²) in [6.07, 6.45) is 3.77. The molecule has 0 saturated carbocycles. The summed E-state index contributed by atoms with van der Waals surface area (Å²) < 4.78 is 5.67. The second kappa shape index (κ2) is 10.5. The number of H-pyrrole nitrogens is 1. The predicted molar refractivity (Wildman–Crippen MR) is 62.7 cm³/mol. The van der Waals surface area contributed by atoms with Crippen LogP contribution in [-0.2, 0) is 6.61 Å². The van der Waals surface area contributed by atoms with E-state index in [0.29, 0.717) is 12.4 Å². The van der Waals surface area contributed by atoms with Gasteiger partial charge in [-0.15, -0.1) is 0 Å². The van der Waals surface area contributed by atoms with Gasteiger partial charge < -0.3 is 42.0 Å². The standard InChI is InChI=1S/C13H13N3O.3ClH/c14-13(15)11-4-1-5-12(7-11)17-9-10-3-2-6-16-8-10;;;/h1-8H,9H2,(H3,14,15);3*1H. The van der Waals surface area contributed by atoms with Crippen molar-refractivity contribution in [2.45, 2.75) is 6.61 Å². The van der Waals surface area contributed by atoms with Crippen LogP contribution in [0.15, 0.2) is 48.8 Å². The second-order valence-electron chi connectivity index (χ2n) is 3.75. The van der Waals surface area contributed by atoms with E-state index < -0.39 is 0 Å². The molecule has 2 aromatic rings. The Bertz CT molecular complexity index is 523. The molecule has 0 unspecified atom stereocenters. The van der Waals surface area contributed by atoms with Crippen molar-refractivity contribution >= 4 is 5.84 Å². The molecule has 2 rings (SSSR count). The normalized spacial score (nSPS) is 8.45. The van der Waals surface area contributed by atoms with Gasteiger partial charge in [0.1, 0.15) is 17.9 Å². The molecule has 0 bridgehead atoms. The highest BCUT2D eigenvalue weighted by molar-refractivity contribution is 5.85. The Morgan fingerprint density at radius 1 is 1.15 bits per heavy atom. The van der Waals surface area contributed by atoms with Gasteiger partial charge in [0, 0.05) is 12.1 Å². The Morgan fingerprint density at radius 2 is 1.90 bits per heavy atom. The zero-order valence-corrected chi connectivity index (χ0v) is 12.9. The Labute approximate surface area is 136 Å². The lowest BCUT2D eigenvalue weighted by atomic mass is 10.2. The van der Waals surface area contributed by atoms with E-state index in [-0.39, 0.29) is 37.2 Å². The molecule has 6 N–H and O–H groups in total. The molecular formula is C13H16Cl3N3O. The first kappa shape index (κ1) is 21.0. The van der Waals surface area contributed by atoms with Gasteiger partial charge in [0.05, 0.1) is 5.56 Å². The van der Waals surface area contributed by atoms with Gasteiger partial charge in [0.2, 0.25) is 0 Å². The molecule has 0 spiro atoms. The number of aromatic nitrogens is 1. The minimum atomic E-state index is 0. The van der Waals surface area contributed by atoms with Crippen LogP contribution in [0.3, 0.4) is 0 Å². The summed E-state index contributed by atoms with van der Waals surface area (Å²) in [4.78, 5) is 3.01. The van der Waals surface area contributed by atoms with Crippen LogP contribution in [0.4, 0.5) is 0 Å². The molecule has 0 amide bonds. The summed E-state index contributed by atoms with van der Waals surface area (Å²) >= 11 is 0. The van der Waals surface area contributed by atoms with Gasteiger partial charge in [-0.05, 0) is 18.2 Å². The summed E-state index contributed by atoms with van der Waals surface area (Å²) in [7, 11) is 0. The van der Waals surface area contributed by atoms with Crippen LogP contribution in [0.25, 0.3) is 0 Å². The smallest absolute Gasteiger partial charge is 0.362 e. The van der Waals surface area contributed by atoms with Gasteiger partial charge in [-0.1, -0.05) is 6.07 Å². The number of halogens is 3. The van der Waals surface area contributed by atoms with E-state index in [0.717, 1.165) is 16.9 Å². The van der Waals surface area contributed by atoms with Gasteiger partial charge >= 0.3 is 5.84 Å². The summed E-state index contributed by atoms with van der Waals surface area (Å²) in [5, 5.41) is 5.63. The lowest BCUT2D eigenvalue weighted by Gasteiger charge is -2.04. The van der Waals surface area contributed by atoms with Crippen molar-refractivity contribution < 1.29 is 58.1 Å².